The highest BCUT2D eigenvalue weighted by Gasteiger charge is 2.18. The molecule has 22 heavy (non-hydrogen) atoms. The fourth-order valence-electron chi connectivity index (χ4n) is 2.75. The highest BCUT2D eigenvalue weighted by Crippen LogP contribution is 2.15. The first-order valence-corrected chi connectivity index (χ1v) is 7.14. The van der Waals surface area contributed by atoms with Crippen LogP contribution in [-0.4, -0.2) is 20.4 Å². The van der Waals surface area contributed by atoms with Gasteiger partial charge in [-0.2, -0.15) is 0 Å². The summed E-state index contributed by atoms with van der Waals surface area (Å²) in [6.45, 7) is 5.07. The number of ketones is 1. The second-order valence-electron chi connectivity index (χ2n) is 5.47. The molecule has 0 saturated heterocycles. The van der Waals surface area contributed by atoms with Crippen LogP contribution in [-0.2, 0) is 6.42 Å². The topological polar surface area (TPSA) is 67.2 Å². The molecule has 1 aromatic carbocycles. The van der Waals surface area contributed by atoms with Crippen molar-refractivity contribution in [2.75, 3.05) is 0 Å². The molecule has 5 heteroatoms. The van der Waals surface area contributed by atoms with Gasteiger partial charge in [0, 0.05) is 23.4 Å². The number of carbonyl (C=O) groups excluding carboxylic acids is 1. The normalized spacial score (nSPS) is 11.0. The maximum atomic E-state index is 12.7. The van der Waals surface area contributed by atoms with E-state index in [1.807, 2.05) is 37.3 Å². The molecule has 0 saturated carbocycles. The first-order chi connectivity index (χ1) is 10.5. The Labute approximate surface area is 127 Å². The monoisotopic (exact) mass is 295 g/mol. The molecule has 0 aliphatic carbocycles. The number of aryl methyl sites for hydroxylation is 2. The SMILES string of the molecule is CC(=O)c1c(C)[nH]n2c(=O)c(Cc3ccccc3)c(C)nc12. The van der Waals surface area contributed by atoms with Crippen LogP contribution >= 0.6 is 0 Å². The molecule has 2 aromatic heterocycles. The van der Waals surface area contributed by atoms with Gasteiger partial charge in [-0.25, -0.2) is 9.50 Å². The predicted octanol–water partition coefficient (Wildman–Crippen LogP) is 2.43. The highest BCUT2D eigenvalue weighted by atomic mass is 16.1. The summed E-state index contributed by atoms with van der Waals surface area (Å²) in [5, 5.41) is 2.95. The minimum atomic E-state index is -0.151. The standard InChI is InChI=1S/C17H17N3O2/c1-10-14(9-13-7-5-4-6-8-13)17(22)20-16(18-10)15(12(3)21)11(2)19-20/h4-8,19H,9H2,1-3H3. The van der Waals surface area contributed by atoms with Crippen molar-refractivity contribution in [1.29, 1.82) is 0 Å². The van der Waals surface area contributed by atoms with Gasteiger partial charge in [-0.15, -0.1) is 0 Å². The van der Waals surface area contributed by atoms with Gasteiger partial charge >= 0.3 is 0 Å². The van der Waals surface area contributed by atoms with Crippen molar-refractivity contribution in [1.82, 2.24) is 14.6 Å². The summed E-state index contributed by atoms with van der Waals surface area (Å²) >= 11 is 0. The molecule has 2 heterocycles. The minimum Gasteiger partial charge on any atom is -0.294 e. The van der Waals surface area contributed by atoms with Gasteiger partial charge in [0.1, 0.15) is 0 Å². The lowest BCUT2D eigenvalue weighted by Crippen LogP contribution is -2.22. The van der Waals surface area contributed by atoms with E-state index in [9.17, 15) is 9.59 Å². The summed E-state index contributed by atoms with van der Waals surface area (Å²) < 4.78 is 1.37. The smallest absolute Gasteiger partial charge is 0.276 e. The number of aromatic nitrogens is 3. The fourth-order valence-corrected chi connectivity index (χ4v) is 2.75. The Morgan fingerprint density at radius 2 is 1.91 bits per heavy atom. The van der Waals surface area contributed by atoms with E-state index in [-0.39, 0.29) is 11.3 Å². The van der Waals surface area contributed by atoms with E-state index in [0.717, 1.165) is 5.56 Å². The molecule has 1 N–H and O–H groups in total. The van der Waals surface area contributed by atoms with Gasteiger partial charge in [0.25, 0.3) is 5.56 Å². The number of Topliss-reactive ketones (excluding diaryl/α,β-unsaturated/α-hetero) is 1. The molecule has 0 amide bonds. The first-order valence-electron chi connectivity index (χ1n) is 7.14. The molecule has 0 unspecified atom stereocenters. The summed E-state index contributed by atoms with van der Waals surface area (Å²) in [6, 6.07) is 9.79. The van der Waals surface area contributed by atoms with Gasteiger partial charge in [0.15, 0.2) is 11.4 Å². The number of nitrogens with zero attached hydrogens (tertiary/aromatic N) is 2. The number of rotatable bonds is 3. The average Bonchev–Trinajstić information content (AvgIpc) is 2.81. The molecule has 0 atom stereocenters. The van der Waals surface area contributed by atoms with E-state index in [1.165, 1.54) is 11.4 Å². The van der Waals surface area contributed by atoms with Gasteiger partial charge in [0.05, 0.1) is 5.56 Å². The molecule has 3 rings (SSSR count). The molecule has 3 aromatic rings. The van der Waals surface area contributed by atoms with Gasteiger partial charge in [0.2, 0.25) is 0 Å². The second kappa shape index (κ2) is 5.26. The minimum absolute atomic E-state index is 0.0987. The van der Waals surface area contributed by atoms with Crippen LogP contribution in [0.2, 0.25) is 0 Å². The molecular formula is C17H17N3O2. The van der Waals surface area contributed by atoms with Gasteiger partial charge in [-0.05, 0) is 26.3 Å². The number of hydrogen-bond acceptors (Lipinski definition) is 3. The number of nitrogens with one attached hydrogen (secondary N) is 1. The van der Waals surface area contributed by atoms with E-state index in [4.69, 9.17) is 0 Å². The molecule has 0 spiro atoms. The van der Waals surface area contributed by atoms with Crippen LogP contribution in [0, 0.1) is 13.8 Å². The third kappa shape index (κ3) is 2.24. The maximum Gasteiger partial charge on any atom is 0.276 e. The number of aromatic amines is 1. The third-order valence-electron chi connectivity index (χ3n) is 3.84. The Morgan fingerprint density at radius 1 is 1.23 bits per heavy atom. The highest BCUT2D eigenvalue weighted by molar-refractivity contribution is 6.00. The first kappa shape index (κ1) is 14.3. The zero-order chi connectivity index (χ0) is 15.9. The molecule has 0 aliphatic heterocycles. The number of fused-ring (bicyclic) bond motifs is 1. The van der Waals surface area contributed by atoms with Crippen LogP contribution in [0.1, 0.15) is 39.8 Å². The number of benzene rings is 1. The Bertz CT molecular complexity index is 920. The summed E-state index contributed by atoms with van der Waals surface area (Å²) in [7, 11) is 0. The lowest BCUT2D eigenvalue weighted by molar-refractivity contribution is 0.101. The Hall–Kier alpha value is -2.69. The van der Waals surface area contributed by atoms with Gasteiger partial charge in [-0.1, -0.05) is 30.3 Å². The van der Waals surface area contributed by atoms with Crippen molar-refractivity contribution in [3.63, 3.8) is 0 Å². The van der Waals surface area contributed by atoms with Crippen LogP contribution < -0.4 is 5.56 Å². The van der Waals surface area contributed by atoms with E-state index in [0.29, 0.717) is 34.6 Å². The van der Waals surface area contributed by atoms with Crippen LogP contribution in [0.4, 0.5) is 0 Å². The van der Waals surface area contributed by atoms with Crippen LogP contribution in [0.3, 0.4) is 0 Å². The molecule has 5 nitrogen and oxygen atoms in total. The Balaban J connectivity index is 2.22. The lowest BCUT2D eigenvalue weighted by Gasteiger charge is -2.06. The zero-order valence-electron chi connectivity index (χ0n) is 12.8. The van der Waals surface area contributed by atoms with Crippen molar-refractivity contribution in [3.8, 4) is 0 Å². The molecule has 0 radical (unpaired) electrons. The Morgan fingerprint density at radius 3 is 2.55 bits per heavy atom. The largest absolute Gasteiger partial charge is 0.294 e. The molecule has 0 bridgehead atoms. The average molecular weight is 295 g/mol. The van der Waals surface area contributed by atoms with Crippen molar-refractivity contribution in [2.24, 2.45) is 0 Å². The quantitative estimate of drug-likeness (QED) is 0.755. The zero-order valence-corrected chi connectivity index (χ0v) is 12.8. The van der Waals surface area contributed by atoms with Crippen molar-refractivity contribution in [2.45, 2.75) is 27.2 Å². The van der Waals surface area contributed by atoms with Crippen LogP contribution in [0.5, 0.6) is 0 Å². The predicted molar refractivity (Wildman–Crippen MR) is 84.5 cm³/mol. The summed E-state index contributed by atoms with van der Waals surface area (Å²) in [5.41, 5.74) is 3.75. The Kier molecular flexibility index (Phi) is 3.41. The summed E-state index contributed by atoms with van der Waals surface area (Å²) in [6.07, 6.45) is 0.523. The van der Waals surface area contributed by atoms with Gasteiger partial charge < -0.3 is 0 Å². The lowest BCUT2D eigenvalue weighted by atomic mass is 10.1. The van der Waals surface area contributed by atoms with Crippen LogP contribution in [0.15, 0.2) is 35.1 Å². The van der Waals surface area contributed by atoms with E-state index in [2.05, 4.69) is 10.1 Å². The molecule has 0 fully saturated rings. The number of carbonyl (C=O) groups is 1. The van der Waals surface area contributed by atoms with Gasteiger partial charge in [-0.3, -0.25) is 14.7 Å². The van der Waals surface area contributed by atoms with Crippen LogP contribution in [0.25, 0.3) is 5.65 Å². The van der Waals surface area contributed by atoms with E-state index < -0.39 is 0 Å². The fraction of sp³-hybridized carbons (Fsp3) is 0.235. The van der Waals surface area contributed by atoms with Crippen molar-refractivity contribution >= 4 is 11.4 Å². The number of H-pyrrole nitrogens is 1. The maximum absolute atomic E-state index is 12.7. The molecule has 0 aliphatic rings. The second-order valence-corrected chi connectivity index (χ2v) is 5.47. The van der Waals surface area contributed by atoms with Crippen molar-refractivity contribution < 1.29 is 4.79 Å². The summed E-state index contributed by atoms with van der Waals surface area (Å²) in [4.78, 5) is 29.0. The summed E-state index contributed by atoms with van der Waals surface area (Å²) in [5.74, 6) is -0.0987. The van der Waals surface area contributed by atoms with E-state index in [1.54, 1.807) is 6.92 Å². The van der Waals surface area contributed by atoms with Crippen molar-refractivity contribution in [3.05, 3.63) is 68.8 Å². The molecule has 112 valence electrons. The number of hydrogen-bond donors (Lipinski definition) is 1. The third-order valence-corrected chi connectivity index (χ3v) is 3.84. The molecular weight excluding hydrogens is 278 g/mol. The van der Waals surface area contributed by atoms with E-state index >= 15 is 0 Å².